The second-order valence-corrected chi connectivity index (χ2v) is 7.65. The molecule has 1 saturated heterocycles. The molecule has 5 rings (SSSR count). The number of benzene rings is 1. The fourth-order valence-electron chi connectivity index (χ4n) is 4.10. The molecule has 30 heavy (non-hydrogen) atoms. The lowest BCUT2D eigenvalue weighted by molar-refractivity contribution is 0.120. The molecule has 154 valence electrons. The van der Waals surface area contributed by atoms with Crippen molar-refractivity contribution in [1.29, 1.82) is 0 Å². The Labute approximate surface area is 173 Å². The van der Waals surface area contributed by atoms with Gasteiger partial charge in [-0.3, -0.25) is 9.20 Å². The summed E-state index contributed by atoms with van der Waals surface area (Å²) >= 11 is 0. The van der Waals surface area contributed by atoms with Crippen molar-refractivity contribution in [2.45, 2.75) is 25.9 Å². The number of aromatic amines is 1. The fraction of sp³-hybridized carbons (Fsp3) is 0.304. The Balaban J connectivity index is 1.66. The van der Waals surface area contributed by atoms with Crippen molar-refractivity contribution in [3.05, 3.63) is 58.5 Å². The number of rotatable bonds is 5. The maximum absolute atomic E-state index is 13.0. The van der Waals surface area contributed by atoms with E-state index in [4.69, 9.17) is 14.5 Å². The number of imidazole rings is 1. The predicted molar refractivity (Wildman–Crippen MR) is 118 cm³/mol. The number of ether oxygens (including phenoxy) is 2. The normalized spacial score (nSPS) is 16.4. The van der Waals surface area contributed by atoms with Gasteiger partial charge in [0.05, 0.1) is 24.3 Å². The molecule has 1 fully saturated rings. The number of nitrogens with zero attached hydrogens (tertiary/aromatic N) is 2. The number of aromatic nitrogens is 3. The van der Waals surface area contributed by atoms with Crippen LogP contribution in [0.4, 0.5) is 5.82 Å². The van der Waals surface area contributed by atoms with E-state index < -0.39 is 0 Å². The highest BCUT2D eigenvalue weighted by Gasteiger charge is 2.21. The van der Waals surface area contributed by atoms with Gasteiger partial charge < -0.3 is 19.8 Å². The predicted octanol–water partition coefficient (Wildman–Crippen LogP) is 3.75. The molecule has 7 heteroatoms. The van der Waals surface area contributed by atoms with Crippen molar-refractivity contribution >= 4 is 22.4 Å². The van der Waals surface area contributed by atoms with Crippen LogP contribution in [-0.2, 0) is 4.74 Å². The van der Waals surface area contributed by atoms with Crippen LogP contribution in [0.3, 0.4) is 0 Å². The van der Waals surface area contributed by atoms with Crippen LogP contribution in [0.25, 0.3) is 27.8 Å². The van der Waals surface area contributed by atoms with Crippen molar-refractivity contribution in [2.75, 3.05) is 25.6 Å². The molecular formula is C23H24N4O3. The van der Waals surface area contributed by atoms with Gasteiger partial charge >= 0.3 is 0 Å². The second-order valence-electron chi connectivity index (χ2n) is 7.65. The van der Waals surface area contributed by atoms with Crippen molar-refractivity contribution in [2.24, 2.45) is 0 Å². The van der Waals surface area contributed by atoms with Gasteiger partial charge in [-0.2, -0.15) is 0 Å². The molecule has 1 aromatic carbocycles. The van der Waals surface area contributed by atoms with Crippen LogP contribution >= 0.6 is 0 Å². The molecule has 0 bridgehead atoms. The number of H-pyrrole nitrogens is 1. The summed E-state index contributed by atoms with van der Waals surface area (Å²) in [6, 6.07) is 13.5. The van der Waals surface area contributed by atoms with Gasteiger partial charge in [0.25, 0.3) is 5.56 Å². The van der Waals surface area contributed by atoms with Gasteiger partial charge in [-0.15, -0.1) is 0 Å². The highest BCUT2D eigenvalue weighted by atomic mass is 16.5. The fourth-order valence-corrected chi connectivity index (χ4v) is 4.10. The Morgan fingerprint density at radius 3 is 3.00 bits per heavy atom. The number of aryl methyl sites for hydroxylation is 1. The van der Waals surface area contributed by atoms with Gasteiger partial charge in [0, 0.05) is 24.9 Å². The van der Waals surface area contributed by atoms with Crippen molar-refractivity contribution < 1.29 is 9.47 Å². The topological polar surface area (TPSA) is 80.7 Å². The summed E-state index contributed by atoms with van der Waals surface area (Å²) in [6.07, 6.45) is 2.30. The molecule has 1 atom stereocenters. The lowest BCUT2D eigenvalue weighted by Gasteiger charge is -2.14. The minimum Gasteiger partial charge on any atom is -0.497 e. The average molecular weight is 404 g/mol. The van der Waals surface area contributed by atoms with Crippen molar-refractivity contribution in [3.8, 4) is 17.0 Å². The number of anilines is 1. The number of hydrogen-bond donors (Lipinski definition) is 2. The minimum absolute atomic E-state index is 0.176. The van der Waals surface area contributed by atoms with E-state index >= 15 is 0 Å². The number of methoxy groups -OCH3 is 1. The molecule has 3 aromatic heterocycles. The van der Waals surface area contributed by atoms with Crippen LogP contribution < -0.4 is 15.6 Å². The molecule has 0 unspecified atom stereocenters. The van der Waals surface area contributed by atoms with Crippen molar-refractivity contribution in [3.63, 3.8) is 0 Å². The molecule has 2 N–H and O–H groups in total. The minimum atomic E-state index is -0.183. The molecule has 0 aliphatic carbocycles. The number of fused-ring (bicyclic) bond motifs is 2. The molecule has 4 heterocycles. The lowest BCUT2D eigenvalue weighted by Crippen LogP contribution is -2.20. The first-order valence-corrected chi connectivity index (χ1v) is 10.2. The van der Waals surface area contributed by atoms with Gasteiger partial charge in [-0.05, 0) is 55.5 Å². The standard InChI is InChI=1S/C23H24N4O3/c1-14-5-3-7-20-26-21(22(27(14)20)24-13-17-6-4-10-30-17)18-11-15-8-9-16(29-2)12-19(15)25-23(18)28/h3,5,7-9,11-12,17,24H,4,6,10,13H2,1-2H3,(H,25,28)/t17-/m0/s1. The van der Waals surface area contributed by atoms with Crippen LogP contribution in [-0.4, -0.2) is 40.7 Å². The van der Waals surface area contributed by atoms with Gasteiger partial charge in [0.1, 0.15) is 22.9 Å². The molecule has 4 aromatic rings. The zero-order chi connectivity index (χ0) is 20.7. The zero-order valence-corrected chi connectivity index (χ0v) is 17.1. The van der Waals surface area contributed by atoms with E-state index in [9.17, 15) is 4.79 Å². The summed E-state index contributed by atoms with van der Waals surface area (Å²) in [5.74, 6) is 1.52. The van der Waals surface area contributed by atoms with Gasteiger partial charge in [-0.1, -0.05) is 6.07 Å². The van der Waals surface area contributed by atoms with E-state index in [1.165, 1.54) is 0 Å². The highest BCUT2D eigenvalue weighted by molar-refractivity contribution is 5.87. The Hall–Kier alpha value is -3.32. The molecule has 0 saturated carbocycles. The van der Waals surface area contributed by atoms with Crippen LogP contribution in [0.5, 0.6) is 5.75 Å². The van der Waals surface area contributed by atoms with E-state index in [0.29, 0.717) is 23.6 Å². The summed E-state index contributed by atoms with van der Waals surface area (Å²) in [7, 11) is 1.61. The third kappa shape index (κ3) is 3.21. The van der Waals surface area contributed by atoms with Crippen LogP contribution in [0.15, 0.2) is 47.3 Å². The first-order valence-electron chi connectivity index (χ1n) is 10.2. The Kier molecular flexibility index (Phi) is 4.67. The number of pyridine rings is 2. The molecule has 0 radical (unpaired) electrons. The van der Waals surface area contributed by atoms with E-state index in [1.807, 2.05) is 49.4 Å². The molecule has 0 amide bonds. The number of nitrogens with one attached hydrogen (secondary N) is 2. The van der Waals surface area contributed by atoms with Crippen LogP contribution in [0.2, 0.25) is 0 Å². The van der Waals surface area contributed by atoms with Gasteiger partial charge in [0.2, 0.25) is 0 Å². The van der Waals surface area contributed by atoms with E-state index in [2.05, 4.69) is 14.7 Å². The van der Waals surface area contributed by atoms with Gasteiger partial charge in [0.15, 0.2) is 0 Å². The lowest BCUT2D eigenvalue weighted by atomic mass is 10.1. The summed E-state index contributed by atoms with van der Waals surface area (Å²) in [5.41, 5.74) is 3.57. The second kappa shape index (κ2) is 7.50. The third-order valence-electron chi connectivity index (χ3n) is 5.67. The van der Waals surface area contributed by atoms with E-state index in [0.717, 1.165) is 47.5 Å². The SMILES string of the molecule is COc1ccc2cc(-c3nc4cccc(C)n4c3NC[C@@H]3CCCO3)c(=O)[nH]c2c1. The maximum atomic E-state index is 13.0. The molecule has 1 aliphatic rings. The maximum Gasteiger partial charge on any atom is 0.258 e. The molecule has 0 spiro atoms. The van der Waals surface area contributed by atoms with Crippen LogP contribution in [0, 0.1) is 6.92 Å². The highest BCUT2D eigenvalue weighted by Crippen LogP contribution is 2.30. The van der Waals surface area contributed by atoms with Crippen molar-refractivity contribution in [1.82, 2.24) is 14.4 Å². The summed E-state index contributed by atoms with van der Waals surface area (Å²) in [6.45, 7) is 3.52. The first kappa shape index (κ1) is 18.7. The summed E-state index contributed by atoms with van der Waals surface area (Å²) in [4.78, 5) is 20.8. The van der Waals surface area contributed by atoms with E-state index in [1.54, 1.807) is 7.11 Å². The monoisotopic (exact) mass is 404 g/mol. The zero-order valence-electron chi connectivity index (χ0n) is 17.1. The Bertz CT molecular complexity index is 1290. The Morgan fingerprint density at radius 1 is 1.30 bits per heavy atom. The third-order valence-corrected chi connectivity index (χ3v) is 5.67. The van der Waals surface area contributed by atoms with Crippen LogP contribution in [0.1, 0.15) is 18.5 Å². The Morgan fingerprint density at radius 2 is 2.20 bits per heavy atom. The summed E-state index contributed by atoms with van der Waals surface area (Å²) in [5, 5.41) is 4.43. The summed E-state index contributed by atoms with van der Waals surface area (Å²) < 4.78 is 13.1. The number of hydrogen-bond acceptors (Lipinski definition) is 5. The van der Waals surface area contributed by atoms with E-state index in [-0.39, 0.29) is 11.7 Å². The largest absolute Gasteiger partial charge is 0.497 e. The van der Waals surface area contributed by atoms with Gasteiger partial charge in [-0.25, -0.2) is 4.98 Å². The smallest absolute Gasteiger partial charge is 0.258 e. The molecular weight excluding hydrogens is 380 g/mol. The quantitative estimate of drug-likeness (QED) is 0.530. The average Bonchev–Trinajstić information content (AvgIpc) is 3.39. The molecule has 7 nitrogen and oxygen atoms in total. The first-order chi connectivity index (χ1) is 14.6. The molecule has 1 aliphatic heterocycles.